The first kappa shape index (κ1) is 55.4. The van der Waals surface area contributed by atoms with Gasteiger partial charge in [-0.25, -0.2) is 0 Å². The van der Waals surface area contributed by atoms with Crippen molar-refractivity contribution in [3.8, 4) is 0 Å². The molecule has 0 aromatic rings. The number of esters is 3. The average molecular weight is 807 g/mol. The Labute approximate surface area is 355 Å². The van der Waals surface area contributed by atoms with Gasteiger partial charge in [-0.3, -0.25) is 14.4 Å². The van der Waals surface area contributed by atoms with Crippen LogP contribution in [0, 0.1) is 5.92 Å². The smallest absolute Gasteiger partial charge is 0.306 e. The molecule has 0 bridgehead atoms. The van der Waals surface area contributed by atoms with Crippen molar-refractivity contribution in [1.82, 2.24) is 0 Å². The molecule has 0 N–H and O–H groups in total. The third-order valence-corrected chi connectivity index (χ3v) is 11.9. The topological polar surface area (TPSA) is 78.9 Å². The Morgan fingerprint density at radius 2 is 0.614 bits per heavy atom. The van der Waals surface area contributed by atoms with E-state index in [4.69, 9.17) is 14.2 Å². The Balaban J connectivity index is 4.27. The Hall–Kier alpha value is -1.59. The molecule has 0 rings (SSSR count). The lowest BCUT2D eigenvalue weighted by atomic mass is 10.00. The van der Waals surface area contributed by atoms with Gasteiger partial charge in [-0.15, -0.1) is 0 Å². The first-order valence-electron chi connectivity index (χ1n) is 25.4. The fourth-order valence-corrected chi connectivity index (χ4v) is 7.66. The number of hydrogen-bond acceptors (Lipinski definition) is 6. The first-order chi connectivity index (χ1) is 27.9. The third kappa shape index (κ3) is 43.8. The van der Waals surface area contributed by atoms with E-state index >= 15 is 0 Å². The first-order valence-corrected chi connectivity index (χ1v) is 25.4. The quantitative estimate of drug-likeness (QED) is 0.0346. The van der Waals surface area contributed by atoms with Crippen LogP contribution in [-0.4, -0.2) is 37.2 Å². The summed E-state index contributed by atoms with van der Waals surface area (Å²) in [6.07, 6.45) is 46.6. The molecule has 0 aliphatic carbocycles. The summed E-state index contributed by atoms with van der Waals surface area (Å²) in [4.78, 5) is 37.8. The Morgan fingerprint density at radius 3 is 0.912 bits per heavy atom. The van der Waals surface area contributed by atoms with Gasteiger partial charge in [0.2, 0.25) is 0 Å². The molecule has 0 saturated heterocycles. The maximum Gasteiger partial charge on any atom is 0.306 e. The highest BCUT2D eigenvalue weighted by atomic mass is 16.6. The molecule has 0 aromatic heterocycles. The van der Waals surface area contributed by atoms with Crippen molar-refractivity contribution in [2.24, 2.45) is 5.92 Å². The van der Waals surface area contributed by atoms with Crippen LogP contribution in [0.5, 0.6) is 0 Å². The molecule has 0 radical (unpaired) electrons. The van der Waals surface area contributed by atoms with Crippen LogP contribution in [0.2, 0.25) is 0 Å². The molecule has 0 aliphatic heterocycles. The zero-order chi connectivity index (χ0) is 41.7. The maximum atomic E-state index is 12.8. The van der Waals surface area contributed by atoms with Gasteiger partial charge in [0.05, 0.1) is 0 Å². The van der Waals surface area contributed by atoms with Gasteiger partial charge in [-0.05, 0) is 25.2 Å². The van der Waals surface area contributed by atoms with Gasteiger partial charge in [0.25, 0.3) is 0 Å². The van der Waals surface area contributed by atoms with Crippen LogP contribution in [0.25, 0.3) is 0 Å². The second kappa shape index (κ2) is 45.5. The van der Waals surface area contributed by atoms with Crippen molar-refractivity contribution >= 4 is 17.9 Å². The van der Waals surface area contributed by atoms with Crippen molar-refractivity contribution in [3.63, 3.8) is 0 Å². The van der Waals surface area contributed by atoms with Crippen LogP contribution in [0.15, 0.2) is 0 Å². The van der Waals surface area contributed by atoms with Gasteiger partial charge in [-0.1, -0.05) is 246 Å². The van der Waals surface area contributed by atoms with E-state index in [1.807, 2.05) is 0 Å². The van der Waals surface area contributed by atoms with Crippen LogP contribution in [0.1, 0.15) is 285 Å². The predicted octanol–water partition coefficient (Wildman–Crippen LogP) is 16.3. The lowest BCUT2D eigenvalue weighted by Crippen LogP contribution is -2.30. The molecule has 2 atom stereocenters. The SMILES string of the molecule is CCCCCCCCCCCCCCCCCCCCC(=O)O[C@@H](COC(=O)CCCCCCCCCCCCC)COC(=O)CCCCCCCCC(C)CC. The van der Waals surface area contributed by atoms with Crippen molar-refractivity contribution in [2.45, 2.75) is 291 Å². The summed E-state index contributed by atoms with van der Waals surface area (Å²) in [6, 6.07) is 0. The van der Waals surface area contributed by atoms with Crippen LogP contribution >= 0.6 is 0 Å². The van der Waals surface area contributed by atoms with Crippen molar-refractivity contribution < 1.29 is 28.6 Å². The van der Waals surface area contributed by atoms with Crippen molar-refractivity contribution in [1.29, 1.82) is 0 Å². The largest absolute Gasteiger partial charge is 0.462 e. The molecule has 0 spiro atoms. The van der Waals surface area contributed by atoms with Gasteiger partial charge in [0, 0.05) is 19.3 Å². The minimum atomic E-state index is -0.760. The lowest BCUT2D eigenvalue weighted by Gasteiger charge is -2.18. The highest BCUT2D eigenvalue weighted by Gasteiger charge is 2.19. The van der Waals surface area contributed by atoms with E-state index in [-0.39, 0.29) is 31.1 Å². The number of rotatable bonds is 46. The molecule has 6 heteroatoms. The fourth-order valence-electron chi connectivity index (χ4n) is 7.66. The normalized spacial score (nSPS) is 12.4. The van der Waals surface area contributed by atoms with E-state index in [1.54, 1.807) is 0 Å². The monoisotopic (exact) mass is 807 g/mol. The van der Waals surface area contributed by atoms with Crippen LogP contribution < -0.4 is 0 Å². The third-order valence-electron chi connectivity index (χ3n) is 11.9. The Bertz CT molecular complexity index is 859. The van der Waals surface area contributed by atoms with Crippen molar-refractivity contribution in [2.75, 3.05) is 13.2 Å². The summed E-state index contributed by atoms with van der Waals surface area (Å²) < 4.78 is 16.8. The van der Waals surface area contributed by atoms with E-state index in [0.717, 1.165) is 63.7 Å². The number of hydrogen-bond donors (Lipinski definition) is 0. The fraction of sp³-hybridized carbons (Fsp3) is 0.941. The minimum Gasteiger partial charge on any atom is -0.462 e. The van der Waals surface area contributed by atoms with E-state index < -0.39 is 6.10 Å². The highest BCUT2D eigenvalue weighted by molar-refractivity contribution is 5.71. The van der Waals surface area contributed by atoms with Gasteiger partial charge in [0.1, 0.15) is 13.2 Å². The van der Waals surface area contributed by atoms with E-state index in [0.29, 0.717) is 19.3 Å². The maximum absolute atomic E-state index is 12.8. The summed E-state index contributed by atoms with van der Waals surface area (Å²) in [6.45, 7) is 8.99. The predicted molar refractivity (Wildman–Crippen MR) is 243 cm³/mol. The van der Waals surface area contributed by atoms with Crippen LogP contribution in [0.3, 0.4) is 0 Å². The zero-order valence-electron chi connectivity index (χ0n) is 38.8. The van der Waals surface area contributed by atoms with Crippen LogP contribution in [-0.2, 0) is 28.6 Å². The molecule has 0 aliphatic rings. The van der Waals surface area contributed by atoms with E-state index in [1.165, 1.54) is 180 Å². The average Bonchev–Trinajstić information content (AvgIpc) is 3.21. The number of carbonyl (C=O) groups is 3. The van der Waals surface area contributed by atoms with Gasteiger partial charge < -0.3 is 14.2 Å². The molecule has 0 heterocycles. The lowest BCUT2D eigenvalue weighted by molar-refractivity contribution is -0.167. The zero-order valence-corrected chi connectivity index (χ0v) is 38.8. The van der Waals surface area contributed by atoms with E-state index in [2.05, 4.69) is 27.7 Å². The van der Waals surface area contributed by atoms with Gasteiger partial charge in [0.15, 0.2) is 6.10 Å². The molecular weight excluding hydrogens is 709 g/mol. The number of carbonyl (C=O) groups excluding carboxylic acids is 3. The number of unbranched alkanes of at least 4 members (excludes halogenated alkanes) is 32. The summed E-state index contributed by atoms with van der Waals surface area (Å²) >= 11 is 0. The molecule has 0 fully saturated rings. The molecule has 0 saturated carbocycles. The highest BCUT2D eigenvalue weighted by Crippen LogP contribution is 2.17. The molecular formula is C51H98O6. The van der Waals surface area contributed by atoms with Gasteiger partial charge in [-0.2, -0.15) is 0 Å². The standard InChI is InChI=1S/C51H98O6/c1-5-8-10-12-14-16-18-19-20-21-22-23-24-26-28-30-36-40-44-51(54)57-48(46-56-50(53)43-39-35-32-31-33-37-41-47(4)7-3)45-55-49(52)42-38-34-29-27-25-17-15-13-11-9-6-2/h47-48H,5-46H2,1-4H3/t47?,48-/m0/s1. The van der Waals surface area contributed by atoms with Crippen molar-refractivity contribution in [3.05, 3.63) is 0 Å². The van der Waals surface area contributed by atoms with Gasteiger partial charge >= 0.3 is 17.9 Å². The summed E-state index contributed by atoms with van der Waals surface area (Å²) in [5, 5.41) is 0. The summed E-state index contributed by atoms with van der Waals surface area (Å²) in [5.74, 6) is -0.0360. The number of ether oxygens (including phenoxy) is 3. The molecule has 57 heavy (non-hydrogen) atoms. The summed E-state index contributed by atoms with van der Waals surface area (Å²) in [7, 11) is 0. The molecule has 6 nitrogen and oxygen atoms in total. The Kier molecular flexibility index (Phi) is 44.2. The summed E-state index contributed by atoms with van der Waals surface area (Å²) in [5.41, 5.74) is 0. The Morgan fingerprint density at radius 1 is 0.351 bits per heavy atom. The second-order valence-corrected chi connectivity index (χ2v) is 17.7. The molecule has 1 unspecified atom stereocenters. The molecule has 338 valence electrons. The molecule has 0 amide bonds. The van der Waals surface area contributed by atoms with Crippen LogP contribution in [0.4, 0.5) is 0 Å². The van der Waals surface area contributed by atoms with E-state index in [9.17, 15) is 14.4 Å². The minimum absolute atomic E-state index is 0.0638. The molecule has 0 aromatic carbocycles. The second-order valence-electron chi connectivity index (χ2n) is 17.7.